The van der Waals surface area contributed by atoms with E-state index in [2.05, 4.69) is 4.36 Å². The van der Waals surface area contributed by atoms with Crippen LogP contribution in [-0.2, 0) is 15.5 Å². The maximum Gasteiger partial charge on any atom is 0.457 e. The van der Waals surface area contributed by atoms with Crippen molar-refractivity contribution in [2.24, 2.45) is 4.36 Å². The summed E-state index contributed by atoms with van der Waals surface area (Å²) < 4.78 is 41.1. The van der Waals surface area contributed by atoms with Gasteiger partial charge in [0.25, 0.3) is 0 Å². The Morgan fingerprint density at radius 3 is 2.44 bits per heavy atom. The van der Waals surface area contributed by atoms with Gasteiger partial charge in [0.2, 0.25) is 5.91 Å². The Hall–Kier alpha value is -1.17. The van der Waals surface area contributed by atoms with Crippen LogP contribution in [0.15, 0.2) is 33.5 Å². The smallest absolute Gasteiger partial charge is 0.272 e. The van der Waals surface area contributed by atoms with Gasteiger partial charge in [0, 0.05) is 22.5 Å². The minimum atomic E-state index is -4.51. The number of amides is 1. The Kier molecular flexibility index (Phi) is 3.85. The summed E-state index contributed by atoms with van der Waals surface area (Å²) in [7, 11) is -2.37. The topological polar surface area (TPSA) is 29.4 Å². The molecule has 0 saturated carbocycles. The standard InChI is InChI=1S/C10H10F3NOS/c1-7-4-3-5-9(6-7)16(10(11,12)13)14-8(2)15/h3-6H,1-2H3. The van der Waals surface area contributed by atoms with Crippen LogP contribution in [0.2, 0.25) is 0 Å². The van der Waals surface area contributed by atoms with Gasteiger partial charge in [0.05, 0.1) is 0 Å². The van der Waals surface area contributed by atoms with Gasteiger partial charge < -0.3 is 0 Å². The van der Waals surface area contributed by atoms with Gasteiger partial charge in [-0.05, 0) is 24.6 Å². The highest BCUT2D eigenvalue weighted by molar-refractivity contribution is 7.88. The lowest BCUT2D eigenvalue weighted by Crippen LogP contribution is -2.17. The number of carbonyl (C=O) groups is 1. The van der Waals surface area contributed by atoms with E-state index in [-0.39, 0.29) is 4.90 Å². The third-order valence-electron chi connectivity index (χ3n) is 1.65. The number of alkyl halides is 3. The number of benzene rings is 1. The summed E-state index contributed by atoms with van der Waals surface area (Å²) in [5, 5.41) is 0. The predicted octanol–water partition coefficient (Wildman–Crippen LogP) is 3.22. The highest BCUT2D eigenvalue weighted by atomic mass is 32.2. The van der Waals surface area contributed by atoms with Crippen molar-refractivity contribution in [2.45, 2.75) is 24.3 Å². The molecule has 0 spiro atoms. The molecule has 0 aromatic heterocycles. The van der Waals surface area contributed by atoms with Crippen molar-refractivity contribution < 1.29 is 18.0 Å². The summed E-state index contributed by atoms with van der Waals surface area (Å²) >= 11 is 0. The Morgan fingerprint density at radius 2 is 2.00 bits per heavy atom. The van der Waals surface area contributed by atoms with E-state index in [4.69, 9.17) is 0 Å². The Labute approximate surface area is 93.6 Å². The maximum absolute atomic E-state index is 12.7. The molecule has 0 aliphatic heterocycles. The molecule has 88 valence electrons. The van der Waals surface area contributed by atoms with Crippen LogP contribution in [0.3, 0.4) is 0 Å². The second-order valence-electron chi connectivity index (χ2n) is 3.16. The van der Waals surface area contributed by atoms with E-state index in [9.17, 15) is 18.0 Å². The zero-order chi connectivity index (χ0) is 12.3. The van der Waals surface area contributed by atoms with Gasteiger partial charge in [-0.2, -0.15) is 17.5 Å². The van der Waals surface area contributed by atoms with Gasteiger partial charge in [-0.1, -0.05) is 12.1 Å². The Balaban J connectivity index is 3.28. The van der Waals surface area contributed by atoms with Gasteiger partial charge in [0.15, 0.2) is 0 Å². The average molecular weight is 249 g/mol. The van der Waals surface area contributed by atoms with Gasteiger partial charge in [-0.15, -0.1) is 0 Å². The second kappa shape index (κ2) is 4.78. The number of nitrogens with zero attached hydrogens (tertiary/aromatic N) is 1. The minimum Gasteiger partial charge on any atom is -0.272 e. The number of rotatable bonds is 1. The summed E-state index contributed by atoms with van der Waals surface area (Å²) in [4.78, 5) is 10.7. The molecule has 16 heavy (non-hydrogen) atoms. The van der Waals surface area contributed by atoms with Crippen LogP contribution in [0.4, 0.5) is 13.2 Å². The molecule has 6 heteroatoms. The van der Waals surface area contributed by atoms with E-state index in [0.717, 1.165) is 6.92 Å². The molecule has 0 heterocycles. The summed E-state index contributed by atoms with van der Waals surface area (Å²) in [6.07, 6.45) is 0. The number of hydrogen-bond donors (Lipinski definition) is 0. The summed E-state index contributed by atoms with van der Waals surface area (Å²) in [6, 6.07) is 5.93. The van der Waals surface area contributed by atoms with Crippen molar-refractivity contribution in [3.8, 4) is 0 Å². The van der Waals surface area contributed by atoms with Crippen molar-refractivity contribution in [1.82, 2.24) is 0 Å². The molecule has 1 atom stereocenters. The second-order valence-corrected chi connectivity index (χ2v) is 4.84. The lowest BCUT2D eigenvalue weighted by atomic mass is 10.2. The molecule has 2 nitrogen and oxygen atoms in total. The quantitative estimate of drug-likeness (QED) is 0.751. The lowest BCUT2D eigenvalue weighted by molar-refractivity contribution is -0.115. The van der Waals surface area contributed by atoms with E-state index in [1.54, 1.807) is 13.0 Å². The van der Waals surface area contributed by atoms with Gasteiger partial charge in [-0.3, -0.25) is 4.79 Å². The van der Waals surface area contributed by atoms with E-state index >= 15 is 0 Å². The Morgan fingerprint density at radius 1 is 1.38 bits per heavy atom. The first-order chi connectivity index (χ1) is 7.30. The molecule has 0 aliphatic carbocycles. The highest BCUT2D eigenvalue weighted by Crippen LogP contribution is 2.28. The first kappa shape index (κ1) is 12.9. The van der Waals surface area contributed by atoms with Crippen molar-refractivity contribution in [1.29, 1.82) is 0 Å². The third kappa shape index (κ3) is 3.44. The SMILES string of the molecule is CC(=O)N=S(c1cccc(C)c1)C(F)(F)F. The minimum absolute atomic E-state index is 0.0164. The van der Waals surface area contributed by atoms with Crippen molar-refractivity contribution in [3.05, 3.63) is 29.8 Å². The number of aryl methyl sites for hydroxylation is 1. The molecule has 1 amide bonds. The molecule has 0 radical (unpaired) electrons. The maximum atomic E-state index is 12.7. The molecular formula is C10H10F3NOS. The fraction of sp³-hybridized carbons (Fsp3) is 0.300. The van der Waals surface area contributed by atoms with E-state index in [0.29, 0.717) is 5.56 Å². The van der Waals surface area contributed by atoms with Crippen molar-refractivity contribution in [2.75, 3.05) is 0 Å². The first-order valence-corrected chi connectivity index (χ1v) is 5.59. The molecule has 0 fully saturated rings. The molecule has 0 bridgehead atoms. The fourth-order valence-electron chi connectivity index (χ4n) is 1.10. The summed E-state index contributed by atoms with van der Waals surface area (Å²) in [5.41, 5.74) is -3.81. The molecule has 0 aliphatic rings. The van der Waals surface area contributed by atoms with E-state index in [1.165, 1.54) is 18.2 Å². The third-order valence-corrected chi connectivity index (χ3v) is 3.23. The molecule has 1 unspecified atom stereocenters. The van der Waals surface area contributed by atoms with Crippen LogP contribution in [0, 0.1) is 6.92 Å². The largest absolute Gasteiger partial charge is 0.457 e. The monoisotopic (exact) mass is 249 g/mol. The molecule has 0 saturated heterocycles. The van der Waals surface area contributed by atoms with Crippen LogP contribution >= 0.6 is 0 Å². The van der Waals surface area contributed by atoms with Crippen LogP contribution in [-0.4, -0.2) is 11.4 Å². The van der Waals surface area contributed by atoms with Gasteiger partial charge >= 0.3 is 5.51 Å². The highest BCUT2D eigenvalue weighted by Gasteiger charge is 2.36. The Bertz CT molecular complexity index is 440. The number of hydrogen-bond acceptors (Lipinski definition) is 1. The average Bonchev–Trinajstić information content (AvgIpc) is 2.12. The normalized spacial score (nSPS) is 13.8. The zero-order valence-electron chi connectivity index (χ0n) is 8.71. The lowest BCUT2D eigenvalue weighted by Gasteiger charge is -2.11. The van der Waals surface area contributed by atoms with Crippen LogP contribution in [0.1, 0.15) is 12.5 Å². The van der Waals surface area contributed by atoms with Crippen LogP contribution < -0.4 is 0 Å². The van der Waals surface area contributed by atoms with Gasteiger partial charge in [-0.25, -0.2) is 0 Å². The van der Waals surface area contributed by atoms with Gasteiger partial charge in [0.1, 0.15) is 0 Å². The summed E-state index contributed by atoms with van der Waals surface area (Å²) in [6.45, 7) is 2.71. The molecule has 1 aromatic carbocycles. The van der Waals surface area contributed by atoms with E-state index in [1.807, 2.05) is 0 Å². The van der Waals surface area contributed by atoms with Crippen LogP contribution in [0.5, 0.6) is 0 Å². The number of carbonyl (C=O) groups excluding carboxylic acids is 1. The van der Waals surface area contributed by atoms with Crippen molar-refractivity contribution in [3.63, 3.8) is 0 Å². The summed E-state index contributed by atoms with van der Waals surface area (Å²) in [5.74, 6) is -0.817. The zero-order valence-corrected chi connectivity index (χ0v) is 9.52. The molecule has 1 rings (SSSR count). The first-order valence-electron chi connectivity index (χ1n) is 4.41. The van der Waals surface area contributed by atoms with Crippen molar-refractivity contribution >= 4 is 16.6 Å². The molecule has 0 N–H and O–H groups in total. The van der Waals surface area contributed by atoms with Crippen LogP contribution in [0.25, 0.3) is 0 Å². The predicted molar refractivity (Wildman–Crippen MR) is 56.0 cm³/mol. The fourth-order valence-corrected chi connectivity index (χ4v) is 2.34. The number of halogens is 3. The molecular weight excluding hydrogens is 239 g/mol. The van der Waals surface area contributed by atoms with E-state index < -0.39 is 22.1 Å². The molecule has 1 aromatic rings.